The molecule has 0 bridgehead atoms. The molecule has 0 atom stereocenters. The Morgan fingerprint density at radius 2 is 1.79 bits per heavy atom. The second kappa shape index (κ2) is 13.1. The third-order valence-corrected chi connectivity index (χ3v) is 5.10. The second-order valence-electron chi connectivity index (χ2n) is 7.64. The molecular weight excluding hydrogens is 438 g/mol. The van der Waals surface area contributed by atoms with Crippen molar-refractivity contribution in [3.05, 3.63) is 71.8 Å². The number of carboxylic acid groups (broad SMARTS) is 2. The zero-order chi connectivity index (χ0) is 24.2. The zero-order valence-electron chi connectivity index (χ0n) is 18.9. The minimum atomic E-state index is -1.26. The largest absolute Gasteiger partial charge is 0.488 e. The average molecular weight is 468 g/mol. The van der Waals surface area contributed by atoms with Crippen LogP contribution in [0.3, 0.4) is 0 Å². The van der Waals surface area contributed by atoms with Gasteiger partial charge < -0.3 is 29.7 Å². The molecule has 1 aliphatic heterocycles. The smallest absolute Gasteiger partial charge is 0.328 e. The van der Waals surface area contributed by atoms with Crippen molar-refractivity contribution < 1.29 is 34.0 Å². The molecule has 34 heavy (non-hydrogen) atoms. The van der Waals surface area contributed by atoms with Gasteiger partial charge in [0.2, 0.25) is 5.75 Å². The number of benzene rings is 2. The standard InChI is InChI=1S/C22H25NO3.C4H4O4/c1-2-7-18(6-1)19-8-3-5-17(15-19)16-23-11-12-24-20-9-4-10-21-22(20)26-14-13-25-21;5-3(6)1-2-4(7)8/h3-6,8-10,15,23H,1-2,7,11-14,16H2;1-2H,(H,5,6)(H,7,8)/b;2-1+. The number of allylic oxidation sites excluding steroid dienone is 2. The van der Waals surface area contributed by atoms with Gasteiger partial charge >= 0.3 is 11.9 Å². The number of fused-ring (bicyclic) bond motifs is 1. The van der Waals surface area contributed by atoms with Gasteiger partial charge in [0.05, 0.1) is 0 Å². The van der Waals surface area contributed by atoms with E-state index in [1.54, 1.807) is 0 Å². The highest BCUT2D eigenvalue weighted by Crippen LogP contribution is 2.38. The fourth-order valence-corrected chi connectivity index (χ4v) is 3.58. The molecule has 1 heterocycles. The number of para-hydroxylation sites is 1. The molecule has 2 aromatic carbocycles. The molecule has 2 aromatic rings. The first-order valence-electron chi connectivity index (χ1n) is 11.2. The van der Waals surface area contributed by atoms with Crippen molar-refractivity contribution >= 4 is 17.5 Å². The molecule has 0 saturated carbocycles. The highest BCUT2D eigenvalue weighted by Gasteiger charge is 2.16. The monoisotopic (exact) mass is 467 g/mol. The lowest BCUT2D eigenvalue weighted by atomic mass is 10.0. The fourth-order valence-electron chi connectivity index (χ4n) is 3.58. The van der Waals surface area contributed by atoms with E-state index in [4.69, 9.17) is 24.4 Å². The zero-order valence-corrected chi connectivity index (χ0v) is 18.9. The Morgan fingerprint density at radius 3 is 2.53 bits per heavy atom. The van der Waals surface area contributed by atoms with Crippen LogP contribution in [0, 0.1) is 0 Å². The number of nitrogens with one attached hydrogen (secondary N) is 1. The van der Waals surface area contributed by atoms with E-state index in [1.165, 1.54) is 36.0 Å². The Bertz CT molecular complexity index is 1030. The Hall–Kier alpha value is -3.78. The van der Waals surface area contributed by atoms with Crippen molar-refractivity contribution in [1.82, 2.24) is 5.32 Å². The summed E-state index contributed by atoms with van der Waals surface area (Å²) in [5.41, 5.74) is 4.17. The average Bonchev–Trinajstić information content (AvgIpc) is 3.38. The van der Waals surface area contributed by atoms with E-state index in [-0.39, 0.29) is 0 Å². The molecule has 0 saturated heterocycles. The topological polar surface area (TPSA) is 114 Å². The molecular formula is C26H29NO7. The van der Waals surface area contributed by atoms with Gasteiger partial charge in [-0.1, -0.05) is 36.4 Å². The Balaban J connectivity index is 0.000000350. The van der Waals surface area contributed by atoms with Crippen molar-refractivity contribution in [1.29, 1.82) is 0 Å². The van der Waals surface area contributed by atoms with Crippen molar-refractivity contribution in [2.45, 2.75) is 25.8 Å². The maximum absolute atomic E-state index is 9.55. The summed E-state index contributed by atoms with van der Waals surface area (Å²) < 4.78 is 17.1. The summed E-state index contributed by atoms with van der Waals surface area (Å²) in [6.07, 6.45) is 7.19. The maximum Gasteiger partial charge on any atom is 0.328 e. The number of hydrogen-bond acceptors (Lipinski definition) is 6. The molecule has 0 unspecified atom stereocenters. The first kappa shape index (κ1) is 24.9. The van der Waals surface area contributed by atoms with E-state index in [2.05, 4.69) is 35.7 Å². The normalized spacial score (nSPS) is 14.2. The van der Waals surface area contributed by atoms with Crippen LogP contribution in [0.5, 0.6) is 17.2 Å². The Kier molecular flexibility index (Phi) is 9.54. The summed E-state index contributed by atoms with van der Waals surface area (Å²) in [6.45, 7) is 3.37. The lowest BCUT2D eigenvalue weighted by Crippen LogP contribution is -2.21. The van der Waals surface area contributed by atoms with Gasteiger partial charge in [0.25, 0.3) is 0 Å². The van der Waals surface area contributed by atoms with E-state index in [9.17, 15) is 9.59 Å². The number of ether oxygens (including phenoxy) is 3. The lowest BCUT2D eigenvalue weighted by molar-refractivity contribution is -0.134. The molecule has 3 N–H and O–H groups in total. The highest BCUT2D eigenvalue weighted by atomic mass is 16.6. The molecule has 0 aromatic heterocycles. The minimum absolute atomic E-state index is 0.558. The second-order valence-corrected chi connectivity index (χ2v) is 7.64. The van der Waals surface area contributed by atoms with Crippen molar-refractivity contribution in [3.8, 4) is 17.2 Å². The number of aliphatic carboxylic acids is 2. The molecule has 4 rings (SSSR count). The van der Waals surface area contributed by atoms with Crippen LogP contribution in [-0.2, 0) is 16.1 Å². The molecule has 0 fully saturated rings. The predicted octanol–water partition coefficient (Wildman–Crippen LogP) is 3.91. The van der Waals surface area contributed by atoms with E-state index in [0.717, 1.165) is 30.3 Å². The Morgan fingerprint density at radius 1 is 1.03 bits per heavy atom. The summed E-state index contributed by atoms with van der Waals surface area (Å²) in [5, 5.41) is 19.1. The van der Waals surface area contributed by atoms with E-state index in [1.807, 2.05) is 18.2 Å². The lowest BCUT2D eigenvalue weighted by Gasteiger charge is -2.20. The van der Waals surface area contributed by atoms with E-state index < -0.39 is 11.9 Å². The number of carboxylic acids is 2. The summed E-state index contributed by atoms with van der Waals surface area (Å²) in [5.74, 6) is -0.282. The van der Waals surface area contributed by atoms with Crippen LogP contribution in [0.25, 0.3) is 5.57 Å². The number of carbonyl (C=O) groups is 2. The quantitative estimate of drug-likeness (QED) is 0.376. The molecule has 2 aliphatic rings. The maximum atomic E-state index is 9.55. The van der Waals surface area contributed by atoms with Crippen LogP contribution in [0.1, 0.15) is 30.4 Å². The summed E-state index contributed by atoms with van der Waals surface area (Å²) >= 11 is 0. The van der Waals surface area contributed by atoms with Gasteiger partial charge in [-0.25, -0.2) is 9.59 Å². The molecule has 0 amide bonds. The first-order chi connectivity index (χ1) is 16.5. The van der Waals surface area contributed by atoms with Gasteiger partial charge in [-0.2, -0.15) is 0 Å². The van der Waals surface area contributed by atoms with Crippen molar-refractivity contribution in [3.63, 3.8) is 0 Å². The van der Waals surface area contributed by atoms with Crippen molar-refractivity contribution in [2.75, 3.05) is 26.4 Å². The fraction of sp³-hybridized carbons (Fsp3) is 0.308. The molecule has 8 heteroatoms. The van der Waals surface area contributed by atoms with Crippen LogP contribution < -0.4 is 19.5 Å². The molecule has 8 nitrogen and oxygen atoms in total. The van der Waals surface area contributed by atoms with Gasteiger partial charge in [-0.3, -0.25) is 0 Å². The molecule has 0 radical (unpaired) electrons. The van der Waals surface area contributed by atoms with Crippen LogP contribution in [-0.4, -0.2) is 48.5 Å². The number of hydrogen-bond donors (Lipinski definition) is 3. The predicted molar refractivity (Wildman–Crippen MR) is 127 cm³/mol. The van der Waals surface area contributed by atoms with Crippen LogP contribution >= 0.6 is 0 Å². The van der Waals surface area contributed by atoms with Gasteiger partial charge in [-0.05, 0) is 48.1 Å². The van der Waals surface area contributed by atoms with E-state index in [0.29, 0.717) is 32.0 Å². The third kappa shape index (κ3) is 7.97. The minimum Gasteiger partial charge on any atom is -0.488 e. The summed E-state index contributed by atoms with van der Waals surface area (Å²) in [4.78, 5) is 19.1. The third-order valence-electron chi connectivity index (χ3n) is 5.10. The molecule has 0 spiro atoms. The SMILES string of the molecule is C1=C(c2cccc(CNCCOc3cccc4c3OCCO4)c2)CCC1.O=C(O)/C=C/C(=O)O. The van der Waals surface area contributed by atoms with Gasteiger partial charge in [0, 0.05) is 25.2 Å². The summed E-state index contributed by atoms with van der Waals surface area (Å²) in [7, 11) is 0. The van der Waals surface area contributed by atoms with Gasteiger partial charge in [-0.15, -0.1) is 0 Å². The first-order valence-corrected chi connectivity index (χ1v) is 11.2. The van der Waals surface area contributed by atoms with Crippen LogP contribution in [0.4, 0.5) is 0 Å². The van der Waals surface area contributed by atoms with Gasteiger partial charge in [0.1, 0.15) is 19.8 Å². The highest BCUT2D eigenvalue weighted by molar-refractivity contribution is 5.89. The summed E-state index contributed by atoms with van der Waals surface area (Å²) in [6, 6.07) is 14.6. The Labute approximate surface area is 198 Å². The number of rotatable bonds is 9. The van der Waals surface area contributed by atoms with Crippen LogP contribution in [0.2, 0.25) is 0 Å². The van der Waals surface area contributed by atoms with E-state index >= 15 is 0 Å². The molecule has 1 aliphatic carbocycles. The van der Waals surface area contributed by atoms with Gasteiger partial charge in [0.15, 0.2) is 11.5 Å². The molecule has 180 valence electrons. The van der Waals surface area contributed by atoms with Crippen molar-refractivity contribution in [2.24, 2.45) is 0 Å². The van der Waals surface area contributed by atoms with Crippen LogP contribution in [0.15, 0.2) is 60.7 Å².